The number of imidazole rings is 1. The minimum Gasteiger partial charge on any atom is -0.494 e. The van der Waals surface area contributed by atoms with Gasteiger partial charge in [0.2, 0.25) is 0 Å². The average Bonchev–Trinajstić information content (AvgIpc) is 3.57. The maximum atomic E-state index is 11.9. The monoisotopic (exact) mass is 481 g/mol. The maximum absolute atomic E-state index is 11.9. The summed E-state index contributed by atoms with van der Waals surface area (Å²) in [5, 5.41) is 5.32. The first-order valence-corrected chi connectivity index (χ1v) is 12.7. The van der Waals surface area contributed by atoms with Crippen LogP contribution in [0.2, 0.25) is 0 Å². The quantitative estimate of drug-likeness (QED) is 0.210. The highest BCUT2D eigenvalue weighted by Gasteiger charge is 2.11. The number of carbonyl (C=O) groups excluding carboxylic acids is 1. The van der Waals surface area contributed by atoms with Crippen LogP contribution in [-0.2, 0) is 13.0 Å². The summed E-state index contributed by atoms with van der Waals surface area (Å²) in [4.78, 5) is 16.9. The maximum Gasteiger partial charge on any atom is 0.286 e. The summed E-state index contributed by atoms with van der Waals surface area (Å²) in [6.07, 6.45) is 6.29. The van der Waals surface area contributed by atoms with Crippen LogP contribution in [0, 0.1) is 0 Å². The van der Waals surface area contributed by atoms with Crippen molar-refractivity contribution in [2.45, 2.75) is 38.6 Å². The number of benzene rings is 3. The van der Waals surface area contributed by atoms with Gasteiger partial charge in [-0.25, -0.2) is 4.98 Å². The van der Waals surface area contributed by atoms with Crippen molar-refractivity contribution in [3.05, 3.63) is 96.7 Å². The van der Waals surface area contributed by atoms with Crippen LogP contribution in [-0.4, -0.2) is 28.6 Å². The molecule has 0 aliphatic heterocycles. The molecule has 0 atom stereocenters. The van der Waals surface area contributed by atoms with Crippen molar-refractivity contribution in [3.63, 3.8) is 0 Å². The standard InChI is InChI=1S/C30H31N3O3/c34-30(28-14-8-20-36-28)31-18-7-1-2-15-29-32-26-12-5-6-13-27(26)33(29)19-9-21-35-25-17-16-23-10-3-4-11-24(23)22-25/h3-6,8,10-14,16-17,20,22H,1-2,7,9,15,18-19,21H2,(H,31,34). The molecule has 0 fully saturated rings. The number of nitrogens with one attached hydrogen (secondary N) is 1. The summed E-state index contributed by atoms with van der Waals surface area (Å²) >= 11 is 0. The molecule has 0 spiro atoms. The van der Waals surface area contributed by atoms with Gasteiger partial charge in [0.1, 0.15) is 11.6 Å². The predicted molar refractivity (Wildman–Crippen MR) is 142 cm³/mol. The van der Waals surface area contributed by atoms with Gasteiger partial charge >= 0.3 is 0 Å². The summed E-state index contributed by atoms with van der Waals surface area (Å²) in [7, 11) is 0. The second-order valence-electron chi connectivity index (χ2n) is 8.92. The zero-order chi connectivity index (χ0) is 24.6. The Morgan fingerprint density at radius 3 is 2.64 bits per heavy atom. The number of para-hydroxylation sites is 2. The Labute approximate surface area is 210 Å². The number of fused-ring (bicyclic) bond motifs is 2. The Morgan fingerprint density at radius 1 is 0.889 bits per heavy atom. The number of ether oxygens (including phenoxy) is 1. The highest BCUT2D eigenvalue weighted by molar-refractivity contribution is 5.91. The van der Waals surface area contributed by atoms with E-state index in [-0.39, 0.29) is 5.91 Å². The summed E-state index contributed by atoms with van der Waals surface area (Å²) in [6.45, 7) is 2.16. The second-order valence-corrected chi connectivity index (χ2v) is 8.92. The molecule has 3 aromatic carbocycles. The number of aromatic nitrogens is 2. The number of carbonyl (C=O) groups is 1. The van der Waals surface area contributed by atoms with Gasteiger partial charge in [-0.15, -0.1) is 0 Å². The average molecular weight is 482 g/mol. The van der Waals surface area contributed by atoms with Crippen molar-refractivity contribution in [3.8, 4) is 5.75 Å². The Bertz CT molecular complexity index is 1420. The first kappa shape index (κ1) is 23.7. The fourth-order valence-electron chi connectivity index (χ4n) is 4.52. The van der Waals surface area contributed by atoms with E-state index in [0.717, 1.165) is 55.7 Å². The normalized spacial score (nSPS) is 11.2. The van der Waals surface area contributed by atoms with Crippen molar-refractivity contribution in [1.82, 2.24) is 14.9 Å². The first-order valence-electron chi connectivity index (χ1n) is 12.7. The van der Waals surface area contributed by atoms with E-state index in [9.17, 15) is 4.79 Å². The van der Waals surface area contributed by atoms with Crippen LogP contribution in [0.1, 0.15) is 42.1 Å². The topological polar surface area (TPSA) is 69.3 Å². The van der Waals surface area contributed by atoms with E-state index >= 15 is 0 Å². The van der Waals surface area contributed by atoms with E-state index in [2.05, 4.69) is 64.5 Å². The highest BCUT2D eigenvalue weighted by atomic mass is 16.5. The van der Waals surface area contributed by atoms with Gasteiger partial charge in [-0.1, -0.05) is 48.9 Å². The molecule has 0 aliphatic rings. The van der Waals surface area contributed by atoms with Gasteiger partial charge in [-0.2, -0.15) is 0 Å². The summed E-state index contributed by atoms with van der Waals surface area (Å²) in [6, 6.07) is 26.3. The smallest absolute Gasteiger partial charge is 0.286 e. The molecular weight excluding hydrogens is 450 g/mol. The van der Waals surface area contributed by atoms with Gasteiger partial charge in [0, 0.05) is 19.5 Å². The fourth-order valence-corrected chi connectivity index (χ4v) is 4.52. The van der Waals surface area contributed by atoms with E-state index in [0.29, 0.717) is 18.9 Å². The van der Waals surface area contributed by atoms with Gasteiger partial charge in [-0.05, 0) is 66.4 Å². The lowest BCUT2D eigenvalue weighted by Gasteiger charge is -2.11. The number of rotatable bonds is 12. The van der Waals surface area contributed by atoms with Gasteiger partial charge in [-0.3, -0.25) is 4.79 Å². The van der Waals surface area contributed by atoms with Crippen molar-refractivity contribution in [1.29, 1.82) is 0 Å². The Hall–Kier alpha value is -4.06. The number of nitrogens with zero attached hydrogens (tertiary/aromatic N) is 2. The Morgan fingerprint density at radius 2 is 1.75 bits per heavy atom. The van der Waals surface area contributed by atoms with Crippen LogP contribution < -0.4 is 10.1 Å². The summed E-state index contributed by atoms with van der Waals surface area (Å²) in [5.41, 5.74) is 2.21. The Kier molecular flexibility index (Phi) is 7.61. The molecule has 0 aliphatic carbocycles. The minimum absolute atomic E-state index is 0.160. The third-order valence-electron chi connectivity index (χ3n) is 6.36. The Balaban J connectivity index is 1.11. The molecule has 1 amide bonds. The molecule has 5 aromatic rings. The molecule has 0 unspecified atom stereocenters. The third-order valence-corrected chi connectivity index (χ3v) is 6.36. The largest absolute Gasteiger partial charge is 0.494 e. The molecule has 0 saturated carbocycles. The molecule has 5 rings (SSSR count). The van der Waals surface area contributed by atoms with Crippen LogP contribution in [0.4, 0.5) is 0 Å². The van der Waals surface area contributed by atoms with Gasteiger partial charge in [0.05, 0.1) is 23.9 Å². The molecule has 2 heterocycles. The fraction of sp³-hybridized carbons (Fsp3) is 0.267. The van der Waals surface area contributed by atoms with Crippen LogP contribution in [0.15, 0.2) is 89.5 Å². The molecule has 184 valence electrons. The zero-order valence-electron chi connectivity index (χ0n) is 20.4. The number of hydrogen-bond donors (Lipinski definition) is 1. The van der Waals surface area contributed by atoms with Crippen LogP contribution >= 0.6 is 0 Å². The predicted octanol–water partition coefficient (Wildman–Crippen LogP) is 6.39. The molecule has 36 heavy (non-hydrogen) atoms. The zero-order valence-corrected chi connectivity index (χ0v) is 20.4. The van der Waals surface area contributed by atoms with Gasteiger partial charge < -0.3 is 19.0 Å². The molecule has 0 bridgehead atoms. The molecular formula is C30H31N3O3. The summed E-state index contributed by atoms with van der Waals surface area (Å²) < 4.78 is 13.5. The van der Waals surface area contributed by atoms with Crippen molar-refractivity contribution in [2.24, 2.45) is 0 Å². The lowest BCUT2D eigenvalue weighted by Crippen LogP contribution is -2.23. The van der Waals surface area contributed by atoms with E-state index in [1.165, 1.54) is 22.6 Å². The number of amides is 1. The first-order chi connectivity index (χ1) is 17.8. The lowest BCUT2D eigenvalue weighted by atomic mass is 10.1. The molecule has 1 N–H and O–H groups in total. The molecule has 0 radical (unpaired) electrons. The van der Waals surface area contributed by atoms with Crippen molar-refractivity contribution >= 4 is 27.7 Å². The van der Waals surface area contributed by atoms with Crippen molar-refractivity contribution < 1.29 is 13.9 Å². The number of aryl methyl sites for hydroxylation is 2. The van der Waals surface area contributed by atoms with E-state index in [1.807, 2.05) is 12.1 Å². The van der Waals surface area contributed by atoms with E-state index in [4.69, 9.17) is 14.1 Å². The van der Waals surface area contributed by atoms with E-state index < -0.39 is 0 Å². The molecule has 0 saturated heterocycles. The second kappa shape index (κ2) is 11.6. The third kappa shape index (κ3) is 5.77. The number of unbranched alkanes of at least 4 members (excludes halogenated alkanes) is 2. The SMILES string of the molecule is O=C(NCCCCCc1nc2ccccc2n1CCCOc1ccc2ccccc2c1)c1ccco1. The van der Waals surface area contributed by atoms with Crippen LogP contribution in [0.5, 0.6) is 5.75 Å². The molecule has 2 aromatic heterocycles. The number of hydrogen-bond acceptors (Lipinski definition) is 4. The number of furan rings is 1. The lowest BCUT2D eigenvalue weighted by molar-refractivity contribution is 0.0925. The van der Waals surface area contributed by atoms with Crippen LogP contribution in [0.25, 0.3) is 21.8 Å². The highest BCUT2D eigenvalue weighted by Crippen LogP contribution is 2.22. The minimum atomic E-state index is -0.160. The molecule has 6 heteroatoms. The van der Waals surface area contributed by atoms with Crippen molar-refractivity contribution in [2.75, 3.05) is 13.2 Å². The summed E-state index contributed by atoms with van der Waals surface area (Å²) in [5.74, 6) is 2.21. The van der Waals surface area contributed by atoms with Gasteiger partial charge in [0.25, 0.3) is 5.91 Å². The molecule has 6 nitrogen and oxygen atoms in total. The van der Waals surface area contributed by atoms with Gasteiger partial charge in [0.15, 0.2) is 5.76 Å². The van der Waals surface area contributed by atoms with E-state index in [1.54, 1.807) is 12.1 Å². The van der Waals surface area contributed by atoms with Crippen LogP contribution in [0.3, 0.4) is 0 Å².